The van der Waals surface area contributed by atoms with Gasteiger partial charge in [-0.25, -0.2) is 4.79 Å². The highest BCUT2D eigenvalue weighted by molar-refractivity contribution is 6.01. The van der Waals surface area contributed by atoms with Crippen LogP contribution in [0.3, 0.4) is 0 Å². The van der Waals surface area contributed by atoms with Crippen LogP contribution in [0.5, 0.6) is 5.75 Å². The maximum atomic E-state index is 12.2. The predicted octanol–water partition coefficient (Wildman–Crippen LogP) is 3.10. The van der Waals surface area contributed by atoms with Crippen LogP contribution < -0.4 is 10.1 Å². The third-order valence-electron chi connectivity index (χ3n) is 3.96. The number of rotatable bonds is 7. The Morgan fingerprint density at radius 2 is 1.89 bits per heavy atom. The van der Waals surface area contributed by atoms with E-state index in [1.54, 1.807) is 37.4 Å². The Balaban J connectivity index is 1.62. The van der Waals surface area contributed by atoms with E-state index in [-0.39, 0.29) is 24.3 Å². The van der Waals surface area contributed by atoms with Crippen LogP contribution in [-0.4, -0.2) is 36.3 Å². The third kappa shape index (κ3) is 4.53. The van der Waals surface area contributed by atoms with Crippen LogP contribution >= 0.6 is 0 Å². The average Bonchev–Trinajstić information content (AvgIpc) is 3.21. The summed E-state index contributed by atoms with van der Waals surface area (Å²) in [6, 6.07) is 13.9. The van der Waals surface area contributed by atoms with Crippen molar-refractivity contribution in [3.63, 3.8) is 0 Å². The van der Waals surface area contributed by atoms with Crippen LogP contribution in [0.1, 0.15) is 22.7 Å². The summed E-state index contributed by atoms with van der Waals surface area (Å²) in [5.41, 5.74) is 1.41. The van der Waals surface area contributed by atoms with Crippen molar-refractivity contribution in [2.45, 2.75) is 12.8 Å². The molecule has 0 saturated carbocycles. The molecule has 3 rings (SSSR count). The first-order valence-corrected chi connectivity index (χ1v) is 8.54. The van der Waals surface area contributed by atoms with E-state index in [0.29, 0.717) is 23.2 Å². The van der Waals surface area contributed by atoms with E-state index in [4.69, 9.17) is 13.9 Å². The third-order valence-corrected chi connectivity index (χ3v) is 3.96. The second-order valence-corrected chi connectivity index (χ2v) is 5.82. The van der Waals surface area contributed by atoms with Crippen LogP contribution in [0.4, 0.5) is 5.69 Å². The van der Waals surface area contributed by atoms with Gasteiger partial charge in [0.15, 0.2) is 0 Å². The Labute approximate surface area is 161 Å². The molecule has 28 heavy (non-hydrogen) atoms. The van der Waals surface area contributed by atoms with Crippen molar-refractivity contribution in [2.75, 3.05) is 19.5 Å². The standard InChI is InChI=1S/C20H19N3O5/c1-26-14-7-5-6-13(12-14)19-23-22-18(28-19)11-10-17(24)21-16-9-4-3-8-15(16)20(25)27-2/h3-9,12H,10-11H2,1-2H3,(H,21,24). The van der Waals surface area contributed by atoms with Gasteiger partial charge in [0.1, 0.15) is 5.75 Å². The minimum Gasteiger partial charge on any atom is -0.497 e. The van der Waals surface area contributed by atoms with E-state index in [0.717, 1.165) is 5.56 Å². The van der Waals surface area contributed by atoms with Crippen LogP contribution in [0.2, 0.25) is 0 Å². The number of hydrogen-bond acceptors (Lipinski definition) is 7. The summed E-state index contributed by atoms with van der Waals surface area (Å²) in [5.74, 6) is 0.577. The molecule has 0 aliphatic carbocycles. The van der Waals surface area contributed by atoms with E-state index in [1.807, 2.05) is 18.2 Å². The minimum absolute atomic E-state index is 0.120. The Kier molecular flexibility index (Phi) is 6.01. The second kappa shape index (κ2) is 8.81. The van der Waals surface area contributed by atoms with Crippen LogP contribution in [0.15, 0.2) is 52.9 Å². The molecular weight excluding hydrogens is 362 g/mol. The molecule has 1 aromatic heterocycles. The number of aryl methyl sites for hydroxylation is 1. The van der Waals surface area contributed by atoms with Crippen molar-refractivity contribution in [3.05, 3.63) is 60.0 Å². The van der Waals surface area contributed by atoms with Gasteiger partial charge in [-0.05, 0) is 30.3 Å². The van der Waals surface area contributed by atoms with Crippen molar-refractivity contribution in [1.29, 1.82) is 0 Å². The molecular formula is C20H19N3O5. The van der Waals surface area contributed by atoms with E-state index in [9.17, 15) is 9.59 Å². The zero-order valence-corrected chi connectivity index (χ0v) is 15.5. The fourth-order valence-corrected chi connectivity index (χ4v) is 2.54. The Bertz CT molecular complexity index is 983. The van der Waals surface area contributed by atoms with Gasteiger partial charge in [-0.1, -0.05) is 18.2 Å². The first-order chi connectivity index (χ1) is 13.6. The number of para-hydroxylation sites is 1. The SMILES string of the molecule is COC(=O)c1ccccc1NC(=O)CCc1nnc(-c2cccc(OC)c2)o1. The Hall–Kier alpha value is -3.68. The highest BCUT2D eigenvalue weighted by Gasteiger charge is 2.15. The molecule has 0 saturated heterocycles. The van der Waals surface area contributed by atoms with Gasteiger partial charge < -0.3 is 19.2 Å². The summed E-state index contributed by atoms with van der Waals surface area (Å²) in [6.45, 7) is 0. The van der Waals surface area contributed by atoms with Gasteiger partial charge in [-0.15, -0.1) is 10.2 Å². The largest absolute Gasteiger partial charge is 0.497 e. The number of ether oxygens (including phenoxy) is 2. The number of benzene rings is 2. The number of nitrogens with zero attached hydrogens (tertiary/aromatic N) is 2. The van der Waals surface area contributed by atoms with Gasteiger partial charge in [0, 0.05) is 18.4 Å². The first kappa shape index (κ1) is 19.1. The molecule has 1 heterocycles. The molecule has 0 atom stereocenters. The maximum Gasteiger partial charge on any atom is 0.339 e. The van der Waals surface area contributed by atoms with Crippen molar-refractivity contribution >= 4 is 17.6 Å². The lowest BCUT2D eigenvalue weighted by Gasteiger charge is -2.08. The lowest BCUT2D eigenvalue weighted by atomic mass is 10.1. The summed E-state index contributed by atoms with van der Waals surface area (Å²) in [6.07, 6.45) is 0.387. The molecule has 0 unspecified atom stereocenters. The van der Waals surface area contributed by atoms with E-state index in [1.165, 1.54) is 7.11 Å². The van der Waals surface area contributed by atoms with Gasteiger partial charge in [-0.3, -0.25) is 4.79 Å². The molecule has 2 aromatic carbocycles. The molecule has 3 aromatic rings. The number of nitrogens with one attached hydrogen (secondary N) is 1. The summed E-state index contributed by atoms with van der Waals surface area (Å²) in [5, 5.41) is 10.7. The van der Waals surface area contributed by atoms with Crippen molar-refractivity contribution < 1.29 is 23.5 Å². The van der Waals surface area contributed by atoms with E-state index >= 15 is 0 Å². The summed E-state index contributed by atoms with van der Waals surface area (Å²) in [7, 11) is 2.87. The second-order valence-electron chi connectivity index (χ2n) is 5.82. The number of amides is 1. The lowest BCUT2D eigenvalue weighted by Crippen LogP contribution is -2.15. The average molecular weight is 381 g/mol. The molecule has 0 aliphatic heterocycles. The fourth-order valence-electron chi connectivity index (χ4n) is 2.54. The summed E-state index contributed by atoms with van der Waals surface area (Å²) in [4.78, 5) is 24.0. The topological polar surface area (TPSA) is 104 Å². The van der Waals surface area contributed by atoms with Crippen LogP contribution in [0, 0.1) is 0 Å². The van der Waals surface area contributed by atoms with Gasteiger partial charge >= 0.3 is 5.97 Å². The number of hydrogen-bond donors (Lipinski definition) is 1. The van der Waals surface area contributed by atoms with Crippen molar-refractivity contribution in [1.82, 2.24) is 10.2 Å². The normalized spacial score (nSPS) is 10.4. The Morgan fingerprint density at radius 1 is 1.07 bits per heavy atom. The number of carbonyl (C=O) groups is 2. The predicted molar refractivity (Wildman–Crippen MR) is 101 cm³/mol. The molecule has 0 bridgehead atoms. The number of esters is 1. The van der Waals surface area contributed by atoms with Crippen molar-refractivity contribution in [2.24, 2.45) is 0 Å². The molecule has 0 spiro atoms. The summed E-state index contributed by atoms with van der Waals surface area (Å²) >= 11 is 0. The molecule has 144 valence electrons. The summed E-state index contributed by atoms with van der Waals surface area (Å²) < 4.78 is 15.5. The van der Waals surface area contributed by atoms with Gasteiger partial charge in [0.05, 0.1) is 25.5 Å². The highest BCUT2D eigenvalue weighted by Crippen LogP contribution is 2.23. The zero-order valence-electron chi connectivity index (χ0n) is 15.5. The molecule has 0 fully saturated rings. The van der Waals surface area contributed by atoms with Gasteiger partial charge in [0.25, 0.3) is 0 Å². The van der Waals surface area contributed by atoms with E-state index < -0.39 is 5.97 Å². The highest BCUT2D eigenvalue weighted by atomic mass is 16.5. The van der Waals surface area contributed by atoms with Gasteiger partial charge in [-0.2, -0.15) is 0 Å². The smallest absolute Gasteiger partial charge is 0.339 e. The monoisotopic (exact) mass is 381 g/mol. The first-order valence-electron chi connectivity index (χ1n) is 8.54. The van der Waals surface area contributed by atoms with E-state index in [2.05, 4.69) is 15.5 Å². The van der Waals surface area contributed by atoms with Crippen LogP contribution in [-0.2, 0) is 16.0 Å². The lowest BCUT2D eigenvalue weighted by molar-refractivity contribution is -0.116. The molecule has 0 radical (unpaired) electrons. The molecule has 8 nitrogen and oxygen atoms in total. The quantitative estimate of drug-likeness (QED) is 0.627. The fraction of sp³-hybridized carbons (Fsp3) is 0.200. The molecule has 0 aliphatic rings. The number of methoxy groups -OCH3 is 2. The Morgan fingerprint density at radius 3 is 2.68 bits per heavy atom. The molecule has 8 heteroatoms. The number of aromatic nitrogens is 2. The minimum atomic E-state index is -0.518. The molecule has 1 amide bonds. The maximum absolute atomic E-state index is 12.2. The molecule has 1 N–H and O–H groups in total. The van der Waals surface area contributed by atoms with Gasteiger partial charge in [0.2, 0.25) is 17.7 Å². The number of anilines is 1. The van der Waals surface area contributed by atoms with Crippen LogP contribution in [0.25, 0.3) is 11.5 Å². The zero-order chi connectivity index (χ0) is 19.9. The number of carbonyl (C=O) groups excluding carboxylic acids is 2. The van der Waals surface area contributed by atoms with Crippen molar-refractivity contribution in [3.8, 4) is 17.2 Å².